The molecule has 0 saturated carbocycles. The Morgan fingerprint density at radius 1 is 1.10 bits per heavy atom. The Kier molecular flexibility index (Phi) is 10.2. The van der Waals surface area contributed by atoms with Crippen LogP contribution in [0, 0.1) is 5.82 Å². The molecule has 2 N–H and O–H groups in total. The number of piperazine rings is 1. The topological polar surface area (TPSA) is 58.8 Å². The lowest BCUT2D eigenvalue weighted by molar-refractivity contribution is -0.131. The van der Waals surface area contributed by atoms with E-state index in [2.05, 4.69) is 4.90 Å². The summed E-state index contributed by atoms with van der Waals surface area (Å²) in [6.07, 6.45) is 0.396. The van der Waals surface area contributed by atoms with E-state index in [4.69, 9.17) is 10.5 Å². The maximum absolute atomic E-state index is 13.0. The van der Waals surface area contributed by atoms with Gasteiger partial charge >= 0.3 is 0 Å². The molecule has 1 saturated heterocycles. The van der Waals surface area contributed by atoms with Crippen molar-refractivity contribution in [3.63, 3.8) is 0 Å². The van der Waals surface area contributed by atoms with Crippen molar-refractivity contribution in [3.8, 4) is 5.75 Å². The minimum Gasteiger partial charge on any atom is -0.489 e. The average molecular weight is 444 g/mol. The van der Waals surface area contributed by atoms with Crippen molar-refractivity contribution in [1.29, 1.82) is 0 Å². The van der Waals surface area contributed by atoms with Gasteiger partial charge in [-0.05, 0) is 36.8 Å². The van der Waals surface area contributed by atoms with E-state index < -0.39 is 0 Å². The third kappa shape index (κ3) is 7.38. The number of benzene rings is 2. The summed E-state index contributed by atoms with van der Waals surface area (Å²) in [5, 5.41) is 0. The summed E-state index contributed by atoms with van der Waals surface area (Å²) in [6, 6.07) is 14.1. The number of carbonyl (C=O) groups is 1. The zero-order chi connectivity index (χ0) is 19.2. The van der Waals surface area contributed by atoms with Crippen molar-refractivity contribution < 1.29 is 13.9 Å². The molecule has 29 heavy (non-hydrogen) atoms. The quantitative estimate of drug-likeness (QED) is 0.740. The number of nitrogens with zero attached hydrogens (tertiary/aromatic N) is 2. The van der Waals surface area contributed by atoms with Gasteiger partial charge in [0.15, 0.2) is 0 Å². The third-order valence-electron chi connectivity index (χ3n) is 4.63. The SMILES string of the molecule is CC(N)CC(=O)N1CCN(c2cccc(OCc3ccc(F)cc3)c2)CC1.Cl.Cl. The fraction of sp³-hybridized carbons (Fsp3) is 0.381. The van der Waals surface area contributed by atoms with Crippen molar-refractivity contribution in [2.75, 3.05) is 31.1 Å². The molecule has 0 spiro atoms. The van der Waals surface area contributed by atoms with Gasteiger partial charge in [0.2, 0.25) is 5.91 Å². The van der Waals surface area contributed by atoms with Crippen LogP contribution >= 0.6 is 24.8 Å². The predicted molar refractivity (Wildman–Crippen MR) is 119 cm³/mol. The fourth-order valence-corrected chi connectivity index (χ4v) is 3.14. The summed E-state index contributed by atoms with van der Waals surface area (Å²) >= 11 is 0. The van der Waals surface area contributed by atoms with Gasteiger partial charge in [-0.15, -0.1) is 24.8 Å². The first-order valence-electron chi connectivity index (χ1n) is 9.27. The van der Waals surface area contributed by atoms with Crippen LogP contribution < -0.4 is 15.4 Å². The molecular formula is C21H28Cl2FN3O2. The highest BCUT2D eigenvalue weighted by molar-refractivity contribution is 5.85. The van der Waals surface area contributed by atoms with Crippen LogP contribution in [-0.4, -0.2) is 43.0 Å². The van der Waals surface area contributed by atoms with Crippen LogP contribution in [-0.2, 0) is 11.4 Å². The molecule has 1 aliphatic rings. The lowest BCUT2D eigenvalue weighted by Gasteiger charge is -2.36. The first-order chi connectivity index (χ1) is 13.0. The summed E-state index contributed by atoms with van der Waals surface area (Å²) < 4.78 is 18.8. The van der Waals surface area contributed by atoms with E-state index in [1.165, 1.54) is 12.1 Å². The van der Waals surface area contributed by atoms with Gasteiger partial charge in [0, 0.05) is 50.4 Å². The minimum absolute atomic E-state index is 0. The third-order valence-corrected chi connectivity index (χ3v) is 4.63. The number of carbonyl (C=O) groups excluding carboxylic acids is 1. The second-order valence-electron chi connectivity index (χ2n) is 6.96. The summed E-state index contributed by atoms with van der Waals surface area (Å²) in [5.41, 5.74) is 7.72. The van der Waals surface area contributed by atoms with E-state index in [1.54, 1.807) is 12.1 Å². The van der Waals surface area contributed by atoms with Crippen LogP contribution in [0.1, 0.15) is 18.9 Å². The minimum atomic E-state index is -0.251. The van der Waals surface area contributed by atoms with Crippen molar-refractivity contribution in [2.45, 2.75) is 26.0 Å². The Bertz CT molecular complexity index is 767. The maximum Gasteiger partial charge on any atom is 0.224 e. The molecule has 5 nitrogen and oxygen atoms in total. The zero-order valence-electron chi connectivity index (χ0n) is 16.4. The van der Waals surface area contributed by atoms with Crippen molar-refractivity contribution in [3.05, 3.63) is 59.9 Å². The monoisotopic (exact) mass is 443 g/mol. The molecule has 1 amide bonds. The van der Waals surface area contributed by atoms with Gasteiger partial charge in [0.25, 0.3) is 0 Å². The highest BCUT2D eigenvalue weighted by atomic mass is 35.5. The van der Waals surface area contributed by atoms with Gasteiger partial charge in [0.1, 0.15) is 18.2 Å². The van der Waals surface area contributed by atoms with E-state index in [0.717, 1.165) is 30.1 Å². The number of hydrogen-bond donors (Lipinski definition) is 1. The van der Waals surface area contributed by atoms with E-state index >= 15 is 0 Å². The number of rotatable bonds is 6. The standard InChI is InChI=1S/C21H26FN3O2.2ClH/c1-16(23)13-21(26)25-11-9-24(10-12-25)19-3-2-4-20(14-19)27-15-17-5-7-18(22)8-6-17;;/h2-8,14,16H,9-13,15,23H2,1H3;2*1H. The molecule has 0 aromatic heterocycles. The molecule has 8 heteroatoms. The summed E-state index contributed by atoms with van der Waals surface area (Å²) in [4.78, 5) is 16.3. The Balaban J connectivity index is 0.00000210. The molecule has 0 aliphatic carbocycles. The smallest absolute Gasteiger partial charge is 0.224 e. The van der Waals surface area contributed by atoms with Crippen LogP contribution in [0.3, 0.4) is 0 Å². The second kappa shape index (κ2) is 11.9. The Morgan fingerprint density at radius 3 is 2.38 bits per heavy atom. The molecule has 1 heterocycles. The lowest BCUT2D eigenvalue weighted by Crippen LogP contribution is -2.49. The van der Waals surface area contributed by atoms with E-state index in [1.807, 2.05) is 36.1 Å². The molecule has 1 fully saturated rings. The van der Waals surface area contributed by atoms with Crippen LogP contribution in [0.4, 0.5) is 10.1 Å². The van der Waals surface area contributed by atoms with Gasteiger partial charge in [-0.3, -0.25) is 4.79 Å². The lowest BCUT2D eigenvalue weighted by atomic mass is 10.2. The first kappa shape index (κ1) is 25.0. The summed E-state index contributed by atoms with van der Waals surface area (Å²) in [6.45, 7) is 5.21. The van der Waals surface area contributed by atoms with Gasteiger partial charge in [-0.2, -0.15) is 0 Å². The van der Waals surface area contributed by atoms with E-state index in [9.17, 15) is 9.18 Å². The molecule has 2 aromatic rings. The number of anilines is 1. The van der Waals surface area contributed by atoms with Gasteiger partial charge < -0.3 is 20.3 Å². The molecule has 1 aliphatic heterocycles. The molecule has 1 atom stereocenters. The van der Waals surface area contributed by atoms with Crippen LogP contribution in [0.25, 0.3) is 0 Å². The number of nitrogens with two attached hydrogens (primary N) is 1. The van der Waals surface area contributed by atoms with E-state index in [-0.39, 0.29) is 42.6 Å². The number of halogens is 3. The molecular weight excluding hydrogens is 416 g/mol. The summed E-state index contributed by atoms with van der Waals surface area (Å²) in [7, 11) is 0. The van der Waals surface area contributed by atoms with Crippen molar-refractivity contribution in [1.82, 2.24) is 4.90 Å². The van der Waals surface area contributed by atoms with Gasteiger partial charge in [-0.25, -0.2) is 4.39 Å². The largest absolute Gasteiger partial charge is 0.489 e. The molecule has 0 bridgehead atoms. The molecule has 2 aromatic carbocycles. The highest BCUT2D eigenvalue weighted by Crippen LogP contribution is 2.23. The Labute approximate surface area is 183 Å². The fourth-order valence-electron chi connectivity index (χ4n) is 3.14. The highest BCUT2D eigenvalue weighted by Gasteiger charge is 2.22. The van der Waals surface area contributed by atoms with Crippen LogP contribution in [0.5, 0.6) is 5.75 Å². The molecule has 1 unspecified atom stereocenters. The maximum atomic E-state index is 13.0. The first-order valence-corrected chi connectivity index (χ1v) is 9.27. The number of amides is 1. The number of ether oxygens (including phenoxy) is 1. The number of hydrogen-bond acceptors (Lipinski definition) is 4. The average Bonchev–Trinajstić information content (AvgIpc) is 2.67. The van der Waals surface area contributed by atoms with Gasteiger partial charge in [0.05, 0.1) is 0 Å². The Hall–Kier alpha value is -2.02. The predicted octanol–water partition coefficient (Wildman–Crippen LogP) is 3.63. The van der Waals surface area contributed by atoms with Crippen LogP contribution in [0.2, 0.25) is 0 Å². The van der Waals surface area contributed by atoms with Crippen molar-refractivity contribution >= 4 is 36.4 Å². The normalized spacial score (nSPS) is 14.4. The van der Waals surface area contributed by atoms with Crippen molar-refractivity contribution in [2.24, 2.45) is 5.73 Å². The van der Waals surface area contributed by atoms with Gasteiger partial charge in [-0.1, -0.05) is 18.2 Å². The van der Waals surface area contributed by atoms with E-state index in [0.29, 0.717) is 26.1 Å². The second-order valence-corrected chi connectivity index (χ2v) is 6.96. The zero-order valence-corrected chi connectivity index (χ0v) is 18.1. The Morgan fingerprint density at radius 2 is 1.76 bits per heavy atom. The molecule has 0 radical (unpaired) electrons. The summed E-state index contributed by atoms with van der Waals surface area (Å²) in [5.74, 6) is 0.646. The van der Waals surface area contributed by atoms with Crippen LogP contribution in [0.15, 0.2) is 48.5 Å². The molecule has 160 valence electrons. The molecule has 3 rings (SSSR count).